The largest absolute Gasteiger partial charge is 0.363 e. The maximum Gasteiger partial charge on any atom is 0.227 e. The molecule has 1 saturated heterocycles. The van der Waals surface area contributed by atoms with Crippen molar-refractivity contribution in [2.24, 2.45) is 0 Å². The Hall–Kier alpha value is -3.68. The Morgan fingerprint density at radius 2 is 1.73 bits per heavy atom. The van der Waals surface area contributed by atoms with Gasteiger partial charge in [-0.15, -0.1) is 0 Å². The number of nitrogens with zero attached hydrogens (tertiary/aromatic N) is 6. The van der Waals surface area contributed by atoms with Gasteiger partial charge in [-0.1, -0.05) is 18.2 Å². The Labute approximate surface area is 175 Å². The first-order valence-electron chi connectivity index (χ1n) is 10.2. The Morgan fingerprint density at radius 3 is 2.53 bits per heavy atom. The number of fused-ring (bicyclic) bond motifs is 1. The van der Waals surface area contributed by atoms with Gasteiger partial charge in [-0.05, 0) is 31.2 Å². The summed E-state index contributed by atoms with van der Waals surface area (Å²) in [4.78, 5) is 26.4. The van der Waals surface area contributed by atoms with Crippen LogP contribution in [0.2, 0.25) is 0 Å². The normalized spacial score (nSPS) is 14.3. The van der Waals surface area contributed by atoms with Gasteiger partial charge in [-0.25, -0.2) is 15.0 Å². The highest BCUT2D eigenvalue weighted by molar-refractivity contribution is 5.74. The number of anilines is 3. The van der Waals surface area contributed by atoms with Crippen molar-refractivity contribution in [1.29, 1.82) is 0 Å². The standard InChI is InChI=1S/C22H24N8/c1-16-14-19(24-15-20-26-17-6-2-3-7-18(17)27-20)28-22(25-16)30-12-10-29(11-13-30)21-8-4-5-9-23-21/h2-9,14H,10-13,15H2,1H3,(H,26,27)(H,24,25,28). The van der Waals surface area contributed by atoms with Crippen LogP contribution < -0.4 is 15.1 Å². The van der Waals surface area contributed by atoms with Crippen molar-refractivity contribution in [2.75, 3.05) is 41.3 Å². The van der Waals surface area contributed by atoms with Gasteiger partial charge in [-0.2, -0.15) is 4.98 Å². The van der Waals surface area contributed by atoms with Gasteiger partial charge < -0.3 is 20.1 Å². The molecule has 2 N–H and O–H groups in total. The number of rotatable bonds is 5. The quantitative estimate of drug-likeness (QED) is 0.533. The van der Waals surface area contributed by atoms with Gasteiger partial charge in [0.05, 0.1) is 17.6 Å². The van der Waals surface area contributed by atoms with E-state index in [1.807, 2.05) is 55.6 Å². The lowest BCUT2D eigenvalue weighted by atomic mass is 10.3. The molecule has 5 rings (SSSR count). The van der Waals surface area contributed by atoms with Crippen LogP contribution in [0.5, 0.6) is 0 Å². The number of piperazine rings is 1. The molecule has 0 aliphatic carbocycles. The summed E-state index contributed by atoms with van der Waals surface area (Å²) >= 11 is 0. The Morgan fingerprint density at radius 1 is 0.933 bits per heavy atom. The number of aromatic nitrogens is 5. The fraction of sp³-hybridized carbons (Fsp3) is 0.273. The summed E-state index contributed by atoms with van der Waals surface area (Å²) in [6.07, 6.45) is 1.84. The van der Waals surface area contributed by atoms with E-state index in [-0.39, 0.29) is 0 Å². The number of hydrogen-bond donors (Lipinski definition) is 2. The molecule has 0 atom stereocenters. The number of hydrogen-bond acceptors (Lipinski definition) is 7. The van der Waals surface area contributed by atoms with E-state index in [1.54, 1.807) is 0 Å². The van der Waals surface area contributed by atoms with Crippen LogP contribution in [-0.2, 0) is 6.54 Å². The lowest BCUT2D eigenvalue weighted by molar-refractivity contribution is 0.634. The second-order valence-corrected chi connectivity index (χ2v) is 7.41. The molecule has 8 heteroatoms. The minimum atomic E-state index is 0.581. The number of pyridine rings is 1. The topological polar surface area (TPSA) is 85.9 Å². The van der Waals surface area contributed by atoms with E-state index < -0.39 is 0 Å². The van der Waals surface area contributed by atoms with Crippen molar-refractivity contribution in [3.63, 3.8) is 0 Å². The molecule has 4 heterocycles. The number of aryl methyl sites for hydroxylation is 1. The minimum Gasteiger partial charge on any atom is -0.363 e. The Kier molecular flexibility index (Phi) is 4.88. The molecule has 1 aliphatic rings. The first-order chi connectivity index (χ1) is 14.7. The summed E-state index contributed by atoms with van der Waals surface area (Å²) < 4.78 is 0. The van der Waals surface area contributed by atoms with Gasteiger partial charge in [-0.3, -0.25) is 0 Å². The van der Waals surface area contributed by atoms with Crippen LogP contribution in [-0.4, -0.2) is 51.1 Å². The van der Waals surface area contributed by atoms with Crippen LogP contribution in [0, 0.1) is 6.92 Å². The molecule has 0 radical (unpaired) electrons. The summed E-state index contributed by atoms with van der Waals surface area (Å²) in [5, 5.41) is 3.38. The van der Waals surface area contributed by atoms with Gasteiger partial charge in [0, 0.05) is 44.1 Å². The monoisotopic (exact) mass is 400 g/mol. The summed E-state index contributed by atoms with van der Waals surface area (Å²) in [6, 6.07) is 16.0. The zero-order valence-electron chi connectivity index (χ0n) is 16.9. The first kappa shape index (κ1) is 18.4. The second-order valence-electron chi connectivity index (χ2n) is 7.41. The fourth-order valence-corrected chi connectivity index (χ4v) is 3.72. The average molecular weight is 400 g/mol. The lowest BCUT2D eigenvalue weighted by Crippen LogP contribution is -2.47. The summed E-state index contributed by atoms with van der Waals surface area (Å²) in [7, 11) is 0. The highest BCUT2D eigenvalue weighted by atomic mass is 15.3. The summed E-state index contributed by atoms with van der Waals surface area (Å²) in [5.41, 5.74) is 2.96. The van der Waals surface area contributed by atoms with Gasteiger partial charge in [0.1, 0.15) is 17.5 Å². The molecule has 4 aromatic rings. The van der Waals surface area contributed by atoms with Crippen LogP contribution in [0.4, 0.5) is 17.6 Å². The molecule has 152 valence electrons. The summed E-state index contributed by atoms with van der Waals surface area (Å²) in [6.45, 7) is 6.11. The van der Waals surface area contributed by atoms with Crippen LogP contribution in [0.3, 0.4) is 0 Å². The Balaban J connectivity index is 1.25. The van der Waals surface area contributed by atoms with Crippen molar-refractivity contribution >= 4 is 28.6 Å². The number of H-pyrrole nitrogens is 1. The highest BCUT2D eigenvalue weighted by Crippen LogP contribution is 2.19. The van der Waals surface area contributed by atoms with Crippen molar-refractivity contribution in [3.05, 3.63) is 66.2 Å². The molecule has 1 fully saturated rings. The molecule has 3 aromatic heterocycles. The van der Waals surface area contributed by atoms with E-state index in [2.05, 4.69) is 41.1 Å². The van der Waals surface area contributed by atoms with Crippen molar-refractivity contribution in [2.45, 2.75) is 13.5 Å². The summed E-state index contributed by atoms with van der Waals surface area (Å²) in [5.74, 6) is 3.49. The third-order valence-electron chi connectivity index (χ3n) is 5.25. The minimum absolute atomic E-state index is 0.581. The smallest absolute Gasteiger partial charge is 0.227 e. The number of aromatic amines is 1. The lowest BCUT2D eigenvalue weighted by Gasteiger charge is -2.35. The van der Waals surface area contributed by atoms with E-state index in [1.165, 1.54) is 0 Å². The molecule has 0 spiro atoms. The van der Waals surface area contributed by atoms with E-state index in [0.29, 0.717) is 6.54 Å². The van der Waals surface area contributed by atoms with Crippen LogP contribution in [0.25, 0.3) is 11.0 Å². The van der Waals surface area contributed by atoms with Gasteiger partial charge in [0.15, 0.2) is 0 Å². The van der Waals surface area contributed by atoms with Gasteiger partial charge >= 0.3 is 0 Å². The first-order valence-corrected chi connectivity index (χ1v) is 10.2. The molecule has 0 amide bonds. The van der Waals surface area contributed by atoms with Crippen LogP contribution in [0.1, 0.15) is 11.5 Å². The fourth-order valence-electron chi connectivity index (χ4n) is 3.72. The predicted molar refractivity (Wildman–Crippen MR) is 119 cm³/mol. The third-order valence-corrected chi connectivity index (χ3v) is 5.25. The molecular formula is C22H24N8. The van der Waals surface area contributed by atoms with Crippen molar-refractivity contribution in [1.82, 2.24) is 24.9 Å². The predicted octanol–water partition coefficient (Wildman–Crippen LogP) is 3.00. The van der Waals surface area contributed by atoms with E-state index in [0.717, 1.165) is 66.3 Å². The Bertz CT molecular complexity index is 1100. The van der Waals surface area contributed by atoms with Crippen LogP contribution in [0.15, 0.2) is 54.7 Å². The zero-order chi connectivity index (χ0) is 20.3. The average Bonchev–Trinajstić information content (AvgIpc) is 3.21. The SMILES string of the molecule is Cc1cc(NCc2nc3ccccc3[nH]2)nc(N2CCN(c3ccccn3)CC2)n1. The van der Waals surface area contributed by atoms with Crippen molar-refractivity contribution in [3.8, 4) is 0 Å². The number of benzene rings is 1. The zero-order valence-corrected chi connectivity index (χ0v) is 16.9. The molecule has 1 aliphatic heterocycles. The molecule has 8 nitrogen and oxygen atoms in total. The maximum atomic E-state index is 4.75. The van der Waals surface area contributed by atoms with Crippen LogP contribution >= 0.6 is 0 Å². The molecule has 0 bridgehead atoms. The number of para-hydroxylation sites is 2. The third kappa shape index (κ3) is 3.89. The maximum absolute atomic E-state index is 4.75. The van der Waals surface area contributed by atoms with E-state index in [4.69, 9.17) is 4.98 Å². The van der Waals surface area contributed by atoms with Crippen molar-refractivity contribution < 1.29 is 0 Å². The molecule has 0 unspecified atom stereocenters. The molecular weight excluding hydrogens is 376 g/mol. The van der Waals surface area contributed by atoms with E-state index in [9.17, 15) is 0 Å². The molecule has 0 saturated carbocycles. The second kappa shape index (κ2) is 7.98. The number of nitrogens with one attached hydrogen (secondary N) is 2. The van der Waals surface area contributed by atoms with Gasteiger partial charge in [0.25, 0.3) is 0 Å². The molecule has 30 heavy (non-hydrogen) atoms. The number of imidazole rings is 1. The van der Waals surface area contributed by atoms with E-state index >= 15 is 0 Å². The molecule has 1 aromatic carbocycles. The highest BCUT2D eigenvalue weighted by Gasteiger charge is 2.20. The van der Waals surface area contributed by atoms with Gasteiger partial charge in [0.2, 0.25) is 5.95 Å².